The summed E-state index contributed by atoms with van der Waals surface area (Å²) >= 11 is 0. The molecule has 0 spiro atoms. The van der Waals surface area contributed by atoms with Crippen molar-refractivity contribution in [2.45, 2.75) is 26.0 Å². The van der Waals surface area contributed by atoms with Crippen LogP contribution < -0.4 is 0 Å². The molecule has 3 nitrogen and oxygen atoms in total. The number of likely N-dealkylation sites (tertiary alicyclic amines) is 1. The minimum absolute atomic E-state index is 0.224. The van der Waals surface area contributed by atoms with Crippen LogP contribution in [0.5, 0.6) is 0 Å². The van der Waals surface area contributed by atoms with Crippen molar-refractivity contribution >= 4 is 0 Å². The molecule has 1 aromatic rings. The van der Waals surface area contributed by atoms with Crippen molar-refractivity contribution in [1.82, 2.24) is 4.90 Å². The second kappa shape index (κ2) is 6.85. The van der Waals surface area contributed by atoms with Crippen molar-refractivity contribution in [1.29, 1.82) is 0 Å². The molecule has 2 N–H and O–H groups in total. The second-order valence-electron chi connectivity index (χ2n) is 5.33. The van der Waals surface area contributed by atoms with Crippen LogP contribution >= 0.6 is 0 Å². The van der Waals surface area contributed by atoms with Gasteiger partial charge in [-0.3, -0.25) is 4.90 Å². The fraction of sp³-hybridized carbons (Fsp3) is 0.500. The van der Waals surface area contributed by atoms with Crippen LogP contribution in [0.3, 0.4) is 0 Å². The van der Waals surface area contributed by atoms with E-state index in [9.17, 15) is 9.50 Å². The maximum atomic E-state index is 14.0. The second-order valence-corrected chi connectivity index (χ2v) is 5.33. The summed E-state index contributed by atoms with van der Waals surface area (Å²) in [6, 6.07) is 4.91. The van der Waals surface area contributed by atoms with Crippen LogP contribution in [-0.4, -0.2) is 40.9 Å². The predicted octanol–water partition coefficient (Wildman–Crippen LogP) is 1.37. The number of aliphatic hydroxyl groups excluding tert-OH is 2. The third-order valence-corrected chi connectivity index (χ3v) is 3.70. The van der Waals surface area contributed by atoms with Gasteiger partial charge in [0.25, 0.3) is 0 Å². The minimum Gasteiger partial charge on any atom is -0.393 e. The van der Waals surface area contributed by atoms with E-state index in [1.807, 2.05) is 6.92 Å². The van der Waals surface area contributed by atoms with Gasteiger partial charge < -0.3 is 10.2 Å². The van der Waals surface area contributed by atoms with Gasteiger partial charge in [0.1, 0.15) is 12.4 Å². The average Bonchev–Trinajstić information content (AvgIpc) is 2.43. The highest BCUT2D eigenvalue weighted by Gasteiger charge is 2.24. The molecule has 1 aromatic carbocycles. The zero-order valence-corrected chi connectivity index (χ0v) is 11.6. The zero-order valence-electron chi connectivity index (χ0n) is 11.6. The van der Waals surface area contributed by atoms with E-state index in [0.717, 1.165) is 19.5 Å². The topological polar surface area (TPSA) is 43.7 Å². The Hall–Kier alpha value is -1.41. The fourth-order valence-electron chi connectivity index (χ4n) is 2.50. The Labute approximate surface area is 119 Å². The third kappa shape index (κ3) is 3.80. The highest BCUT2D eigenvalue weighted by molar-refractivity contribution is 5.37. The van der Waals surface area contributed by atoms with E-state index in [2.05, 4.69) is 16.7 Å². The van der Waals surface area contributed by atoms with Gasteiger partial charge in [0.05, 0.1) is 6.10 Å². The first-order chi connectivity index (χ1) is 9.60. The van der Waals surface area contributed by atoms with Crippen LogP contribution in [0.1, 0.15) is 24.5 Å². The minimum atomic E-state index is -0.270. The fourth-order valence-corrected chi connectivity index (χ4v) is 2.50. The SMILES string of the molecule is CC1CN(Cc2ccc(C#CCO)cc2F)CCC1O. The number of rotatable bonds is 2. The van der Waals surface area contributed by atoms with Crippen molar-refractivity contribution in [3.05, 3.63) is 35.1 Å². The van der Waals surface area contributed by atoms with Gasteiger partial charge in [-0.1, -0.05) is 24.8 Å². The number of hydrogen-bond donors (Lipinski definition) is 2. The van der Waals surface area contributed by atoms with Crippen LogP contribution in [-0.2, 0) is 6.54 Å². The van der Waals surface area contributed by atoms with Gasteiger partial charge in [0.2, 0.25) is 0 Å². The number of aliphatic hydroxyl groups is 2. The standard InChI is InChI=1S/C16H20FNO2/c1-12-10-18(7-6-16(12)20)11-14-5-4-13(3-2-8-19)9-15(14)17/h4-5,9,12,16,19-20H,6-8,10-11H2,1H3. The van der Waals surface area contributed by atoms with E-state index in [-0.39, 0.29) is 24.4 Å². The number of halogens is 1. The largest absolute Gasteiger partial charge is 0.393 e. The Morgan fingerprint density at radius 2 is 2.25 bits per heavy atom. The molecule has 0 amide bonds. The lowest BCUT2D eigenvalue weighted by Gasteiger charge is -2.34. The molecule has 0 aliphatic carbocycles. The molecular formula is C16H20FNO2. The monoisotopic (exact) mass is 277 g/mol. The van der Waals surface area contributed by atoms with Crippen molar-refractivity contribution < 1.29 is 14.6 Å². The Balaban J connectivity index is 2.03. The molecule has 0 aromatic heterocycles. The lowest BCUT2D eigenvalue weighted by molar-refractivity contribution is 0.0316. The molecule has 2 unspecified atom stereocenters. The van der Waals surface area contributed by atoms with Gasteiger partial charge in [0.15, 0.2) is 0 Å². The molecule has 0 radical (unpaired) electrons. The number of hydrogen-bond acceptors (Lipinski definition) is 3. The number of piperidine rings is 1. The number of nitrogens with zero attached hydrogens (tertiary/aromatic N) is 1. The van der Waals surface area contributed by atoms with Crippen molar-refractivity contribution in [3.8, 4) is 11.8 Å². The maximum absolute atomic E-state index is 14.0. The molecule has 1 aliphatic heterocycles. The zero-order chi connectivity index (χ0) is 14.5. The summed E-state index contributed by atoms with van der Waals surface area (Å²) in [6.45, 7) is 3.92. The first-order valence-corrected chi connectivity index (χ1v) is 6.88. The lowest BCUT2D eigenvalue weighted by atomic mass is 9.96. The molecule has 1 aliphatic rings. The summed E-state index contributed by atoms with van der Waals surface area (Å²) in [7, 11) is 0. The third-order valence-electron chi connectivity index (χ3n) is 3.70. The van der Waals surface area contributed by atoms with Crippen LogP contribution in [0, 0.1) is 23.6 Å². The van der Waals surface area contributed by atoms with Crippen molar-refractivity contribution in [2.75, 3.05) is 19.7 Å². The molecule has 2 atom stereocenters. The smallest absolute Gasteiger partial charge is 0.128 e. The lowest BCUT2D eigenvalue weighted by Crippen LogP contribution is -2.41. The van der Waals surface area contributed by atoms with Crippen molar-refractivity contribution in [3.63, 3.8) is 0 Å². The molecule has 108 valence electrons. The first-order valence-electron chi connectivity index (χ1n) is 6.88. The van der Waals surface area contributed by atoms with Gasteiger partial charge >= 0.3 is 0 Å². The quantitative estimate of drug-likeness (QED) is 0.803. The predicted molar refractivity (Wildman–Crippen MR) is 75.4 cm³/mol. The molecule has 1 fully saturated rings. The van der Waals surface area contributed by atoms with Gasteiger partial charge in [-0.25, -0.2) is 4.39 Å². The van der Waals surface area contributed by atoms with Crippen LogP contribution in [0.25, 0.3) is 0 Å². The summed E-state index contributed by atoms with van der Waals surface area (Å²) < 4.78 is 14.0. The Bertz CT molecular complexity index is 521. The highest BCUT2D eigenvalue weighted by Crippen LogP contribution is 2.20. The Kier molecular flexibility index (Phi) is 5.13. The van der Waals surface area contributed by atoms with Gasteiger partial charge in [0, 0.05) is 30.8 Å². The van der Waals surface area contributed by atoms with Gasteiger partial charge in [-0.15, -0.1) is 0 Å². The molecular weight excluding hydrogens is 257 g/mol. The Morgan fingerprint density at radius 1 is 1.45 bits per heavy atom. The van der Waals surface area contributed by atoms with Crippen LogP contribution in [0.15, 0.2) is 18.2 Å². The van der Waals surface area contributed by atoms with E-state index in [1.54, 1.807) is 12.1 Å². The molecule has 1 saturated heterocycles. The van der Waals surface area contributed by atoms with E-state index >= 15 is 0 Å². The molecule has 0 saturated carbocycles. The summed E-state index contributed by atoms with van der Waals surface area (Å²) in [5, 5.41) is 18.3. The molecule has 2 rings (SSSR count). The van der Waals surface area contributed by atoms with E-state index < -0.39 is 0 Å². The normalized spacial score (nSPS) is 23.2. The maximum Gasteiger partial charge on any atom is 0.128 e. The molecule has 4 heteroatoms. The first kappa shape index (κ1) is 15.0. The highest BCUT2D eigenvalue weighted by atomic mass is 19.1. The summed E-state index contributed by atoms with van der Waals surface area (Å²) in [5.41, 5.74) is 1.21. The van der Waals surface area contributed by atoms with Crippen LogP contribution in [0.2, 0.25) is 0 Å². The van der Waals surface area contributed by atoms with Crippen LogP contribution in [0.4, 0.5) is 4.39 Å². The Morgan fingerprint density at radius 3 is 2.90 bits per heavy atom. The molecule has 0 bridgehead atoms. The summed E-state index contributed by atoms with van der Waals surface area (Å²) in [5.74, 6) is 5.15. The average molecular weight is 277 g/mol. The van der Waals surface area contributed by atoms with Gasteiger partial charge in [-0.05, 0) is 24.5 Å². The molecule has 20 heavy (non-hydrogen) atoms. The van der Waals surface area contributed by atoms with Crippen molar-refractivity contribution in [2.24, 2.45) is 5.92 Å². The summed E-state index contributed by atoms with van der Waals surface area (Å²) in [4.78, 5) is 2.16. The van der Waals surface area contributed by atoms with E-state index in [4.69, 9.17) is 5.11 Å². The van der Waals surface area contributed by atoms with E-state index in [1.165, 1.54) is 6.07 Å². The molecule has 1 heterocycles. The van der Waals surface area contributed by atoms with Gasteiger partial charge in [-0.2, -0.15) is 0 Å². The number of benzene rings is 1. The van der Waals surface area contributed by atoms with E-state index in [0.29, 0.717) is 17.7 Å². The summed E-state index contributed by atoms with van der Waals surface area (Å²) in [6.07, 6.45) is 0.496.